The molecule has 0 bridgehead atoms. The standard InChI is InChI=1S/C23H21N3O3/c24-14-15-5-4-6-17(11-15)29-18-8-7-16-13-22(9-2-1-3-10-22)23(19(16)12-18)20(27)25-21(28)26-23/h4-8,11-12H,1-3,9-10,13H2,(H2,25,26,27,28). The quantitative estimate of drug-likeness (QED) is 0.765. The zero-order chi connectivity index (χ0) is 20.1. The molecule has 2 fully saturated rings. The van der Waals surface area contributed by atoms with E-state index in [0.29, 0.717) is 17.1 Å². The fourth-order valence-corrected chi connectivity index (χ4v) is 5.47. The number of carbonyl (C=O) groups is 2. The first-order valence-electron chi connectivity index (χ1n) is 10.0. The molecule has 6 heteroatoms. The van der Waals surface area contributed by atoms with Crippen LogP contribution in [0.5, 0.6) is 11.5 Å². The van der Waals surface area contributed by atoms with Gasteiger partial charge in [-0.3, -0.25) is 10.1 Å². The molecule has 1 aliphatic heterocycles. The van der Waals surface area contributed by atoms with Crippen LogP contribution in [-0.2, 0) is 16.8 Å². The molecule has 3 amide bonds. The normalized spacial score (nSPS) is 24.1. The monoisotopic (exact) mass is 387 g/mol. The van der Waals surface area contributed by atoms with Crippen molar-refractivity contribution in [1.82, 2.24) is 10.6 Å². The van der Waals surface area contributed by atoms with Gasteiger partial charge in [0.1, 0.15) is 11.5 Å². The molecular formula is C23H21N3O3. The predicted molar refractivity (Wildman–Crippen MR) is 105 cm³/mol. The smallest absolute Gasteiger partial charge is 0.322 e. The van der Waals surface area contributed by atoms with Gasteiger partial charge in [-0.25, -0.2) is 4.79 Å². The van der Waals surface area contributed by atoms with Crippen molar-refractivity contribution in [2.45, 2.75) is 44.1 Å². The highest BCUT2D eigenvalue weighted by Gasteiger charge is 2.65. The highest BCUT2D eigenvalue weighted by atomic mass is 16.5. The Morgan fingerprint density at radius 3 is 2.52 bits per heavy atom. The maximum absolute atomic E-state index is 13.1. The van der Waals surface area contributed by atoms with Crippen LogP contribution >= 0.6 is 0 Å². The van der Waals surface area contributed by atoms with Gasteiger partial charge >= 0.3 is 6.03 Å². The second-order valence-corrected chi connectivity index (χ2v) is 8.24. The van der Waals surface area contributed by atoms with Crippen LogP contribution in [0, 0.1) is 16.7 Å². The highest BCUT2D eigenvalue weighted by molar-refractivity contribution is 6.08. The molecule has 0 aromatic heterocycles. The van der Waals surface area contributed by atoms with E-state index < -0.39 is 11.6 Å². The maximum Gasteiger partial charge on any atom is 0.322 e. The largest absolute Gasteiger partial charge is 0.457 e. The van der Waals surface area contributed by atoms with Gasteiger partial charge in [-0.2, -0.15) is 5.26 Å². The topological polar surface area (TPSA) is 91.2 Å². The van der Waals surface area contributed by atoms with Gasteiger partial charge in [0.25, 0.3) is 5.91 Å². The van der Waals surface area contributed by atoms with E-state index in [9.17, 15) is 9.59 Å². The van der Waals surface area contributed by atoms with Crippen LogP contribution in [0.4, 0.5) is 4.79 Å². The summed E-state index contributed by atoms with van der Waals surface area (Å²) in [5, 5.41) is 14.6. The van der Waals surface area contributed by atoms with Gasteiger partial charge < -0.3 is 10.1 Å². The minimum Gasteiger partial charge on any atom is -0.457 e. The van der Waals surface area contributed by atoms with Crippen molar-refractivity contribution in [3.8, 4) is 17.6 Å². The molecule has 1 unspecified atom stereocenters. The van der Waals surface area contributed by atoms with E-state index in [1.807, 2.05) is 18.2 Å². The summed E-state index contributed by atoms with van der Waals surface area (Å²) in [6.45, 7) is 0. The van der Waals surface area contributed by atoms with Gasteiger partial charge in [-0.15, -0.1) is 0 Å². The summed E-state index contributed by atoms with van der Waals surface area (Å²) in [7, 11) is 0. The lowest BCUT2D eigenvalue weighted by atomic mass is 9.62. The lowest BCUT2D eigenvalue weighted by molar-refractivity contribution is -0.130. The molecule has 2 aliphatic carbocycles. The molecule has 6 nitrogen and oxygen atoms in total. The van der Waals surface area contributed by atoms with Crippen LogP contribution in [-0.4, -0.2) is 11.9 Å². The van der Waals surface area contributed by atoms with E-state index in [1.54, 1.807) is 24.3 Å². The van der Waals surface area contributed by atoms with Crippen molar-refractivity contribution in [2.75, 3.05) is 0 Å². The number of rotatable bonds is 2. The SMILES string of the molecule is N#Cc1cccc(Oc2ccc3c(c2)C2(NC(=O)NC2=O)C2(CCCCC2)C3)c1. The molecule has 2 N–H and O–H groups in total. The Morgan fingerprint density at radius 1 is 1.00 bits per heavy atom. The minimum absolute atomic E-state index is 0.258. The van der Waals surface area contributed by atoms with E-state index in [-0.39, 0.29) is 11.3 Å². The van der Waals surface area contributed by atoms with Crippen molar-refractivity contribution in [3.05, 3.63) is 59.2 Å². The fraction of sp³-hybridized carbons (Fsp3) is 0.348. The van der Waals surface area contributed by atoms with Gasteiger partial charge in [-0.05, 0) is 60.7 Å². The number of nitrogens with one attached hydrogen (secondary N) is 2. The van der Waals surface area contributed by atoms with E-state index in [0.717, 1.165) is 49.7 Å². The molecular weight excluding hydrogens is 366 g/mol. The van der Waals surface area contributed by atoms with Crippen LogP contribution < -0.4 is 15.4 Å². The van der Waals surface area contributed by atoms with Crippen molar-refractivity contribution in [3.63, 3.8) is 0 Å². The molecule has 1 heterocycles. The lowest BCUT2D eigenvalue weighted by Gasteiger charge is -2.44. The summed E-state index contributed by atoms with van der Waals surface area (Å²) in [6.07, 6.45) is 5.88. The van der Waals surface area contributed by atoms with Gasteiger partial charge in [0.2, 0.25) is 0 Å². The van der Waals surface area contributed by atoms with Gasteiger partial charge in [0, 0.05) is 5.41 Å². The van der Waals surface area contributed by atoms with Crippen molar-refractivity contribution >= 4 is 11.9 Å². The first kappa shape index (κ1) is 17.7. The average Bonchev–Trinajstić information content (AvgIpc) is 3.17. The third kappa shape index (κ3) is 2.54. The zero-order valence-electron chi connectivity index (χ0n) is 16.0. The van der Waals surface area contributed by atoms with Gasteiger partial charge in [0.05, 0.1) is 11.6 Å². The van der Waals surface area contributed by atoms with Crippen LogP contribution in [0.2, 0.25) is 0 Å². The number of benzene rings is 2. The van der Waals surface area contributed by atoms with Crippen LogP contribution in [0.3, 0.4) is 0 Å². The molecule has 2 aromatic carbocycles. The lowest BCUT2D eigenvalue weighted by Crippen LogP contribution is -2.55. The Balaban J connectivity index is 1.58. The highest BCUT2D eigenvalue weighted by Crippen LogP contribution is 2.59. The number of carbonyl (C=O) groups excluding carboxylic acids is 2. The van der Waals surface area contributed by atoms with Gasteiger partial charge in [0.15, 0.2) is 5.54 Å². The molecule has 146 valence electrons. The second kappa shape index (κ2) is 6.35. The van der Waals surface area contributed by atoms with Crippen molar-refractivity contribution < 1.29 is 14.3 Å². The molecule has 1 saturated carbocycles. The molecule has 0 radical (unpaired) electrons. The number of ether oxygens (including phenoxy) is 1. The number of nitrogens with zero attached hydrogens (tertiary/aromatic N) is 1. The molecule has 1 saturated heterocycles. The van der Waals surface area contributed by atoms with E-state index in [1.165, 1.54) is 0 Å². The predicted octanol–water partition coefficient (Wildman–Crippen LogP) is 3.89. The second-order valence-electron chi connectivity index (χ2n) is 8.24. The maximum atomic E-state index is 13.1. The molecule has 29 heavy (non-hydrogen) atoms. The summed E-state index contributed by atoms with van der Waals surface area (Å²) in [5.74, 6) is 0.884. The minimum atomic E-state index is -1.03. The Hall–Kier alpha value is -3.33. The summed E-state index contributed by atoms with van der Waals surface area (Å²) < 4.78 is 5.99. The number of amides is 3. The first-order valence-corrected chi connectivity index (χ1v) is 10.0. The number of hydrogen-bond donors (Lipinski definition) is 2. The number of urea groups is 1. The number of fused-ring (bicyclic) bond motifs is 3. The zero-order valence-corrected chi connectivity index (χ0v) is 16.0. The Labute approximate surface area is 168 Å². The first-order chi connectivity index (χ1) is 14.1. The third-order valence-electron chi connectivity index (χ3n) is 6.69. The Morgan fingerprint density at radius 2 is 1.79 bits per heavy atom. The number of imide groups is 1. The number of hydrogen-bond acceptors (Lipinski definition) is 4. The summed E-state index contributed by atoms with van der Waals surface area (Å²) in [4.78, 5) is 25.3. The average molecular weight is 387 g/mol. The molecule has 5 rings (SSSR count). The molecule has 2 spiro atoms. The third-order valence-corrected chi connectivity index (χ3v) is 6.69. The van der Waals surface area contributed by atoms with Crippen LogP contribution in [0.15, 0.2) is 42.5 Å². The molecule has 2 aromatic rings. The molecule has 1 atom stereocenters. The van der Waals surface area contributed by atoms with E-state index in [4.69, 9.17) is 10.00 Å². The van der Waals surface area contributed by atoms with Crippen LogP contribution in [0.25, 0.3) is 0 Å². The summed E-state index contributed by atoms with van der Waals surface area (Å²) in [6, 6.07) is 14.4. The summed E-state index contributed by atoms with van der Waals surface area (Å²) in [5.41, 5.74) is 1.11. The Bertz CT molecular complexity index is 1070. The van der Waals surface area contributed by atoms with Crippen LogP contribution in [0.1, 0.15) is 48.8 Å². The van der Waals surface area contributed by atoms with E-state index in [2.05, 4.69) is 16.7 Å². The number of nitriles is 1. The van der Waals surface area contributed by atoms with Crippen molar-refractivity contribution in [2.24, 2.45) is 5.41 Å². The van der Waals surface area contributed by atoms with Crippen molar-refractivity contribution in [1.29, 1.82) is 5.26 Å². The Kier molecular flexibility index (Phi) is 3.88. The van der Waals surface area contributed by atoms with Gasteiger partial charge in [-0.1, -0.05) is 31.4 Å². The fourth-order valence-electron chi connectivity index (χ4n) is 5.47. The molecule has 3 aliphatic rings. The summed E-state index contributed by atoms with van der Waals surface area (Å²) >= 11 is 0. The van der Waals surface area contributed by atoms with E-state index >= 15 is 0 Å².